The topological polar surface area (TPSA) is 66.6 Å². The van der Waals surface area contributed by atoms with E-state index in [1.54, 1.807) is 29.2 Å². The van der Waals surface area contributed by atoms with Crippen LogP contribution in [0.2, 0.25) is 0 Å². The molecule has 1 aromatic carbocycles. The molecule has 2 rings (SSSR count). The lowest BCUT2D eigenvalue weighted by molar-refractivity contribution is -0.117. The maximum absolute atomic E-state index is 12.3. The Morgan fingerprint density at radius 3 is 2.39 bits per heavy atom. The van der Waals surface area contributed by atoms with Gasteiger partial charge in [-0.2, -0.15) is 0 Å². The first-order chi connectivity index (χ1) is 8.30. The van der Waals surface area contributed by atoms with Gasteiger partial charge in [-0.15, -0.1) is 0 Å². The van der Waals surface area contributed by atoms with Gasteiger partial charge in [0.15, 0.2) is 0 Å². The molecule has 96 valence electrons. The molecule has 0 radical (unpaired) electrons. The molecule has 3 amide bonds. The van der Waals surface area contributed by atoms with E-state index in [0.29, 0.717) is 11.4 Å². The molecular formula is C13H17N3O2. The van der Waals surface area contributed by atoms with Crippen LogP contribution in [0.4, 0.5) is 16.2 Å². The van der Waals surface area contributed by atoms with E-state index < -0.39 is 0 Å². The van der Waals surface area contributed by atoms with Gasteiger partial charge in [0, 0.05) is 11.2 Å². The molecule has 0 bridgehead atoms. The second-order valence-electron chi connectivity index (χ2n) is 5.36. The summed E-state index contributed by atoms with van der Waals surface area (Å²) < 4.78 is 0. The molecule has 2 N–H and O–H groups in total. The van der Waals surface area contributed by atoms with Crippen molar-refractivity contribution in [2.45, 2.75) is 26.3 Å². The molecule has 0 aliphatic carbocycles. The third kappa shape index (κ3) is 2.03. The van der Waals surface area contributed by atoms with E-state index in [0.717, 1.165) is 0 Å². The maximum atomic E-state index is 12.3. The van der Waals surface area contributed by atoms with Gasteiger partial charge < -0.3 is 10.6 Å². The lowest BCUT2D eigenvalue weighted by atomic mass is 10.1. The fourth-order valence-electron chi connectivity index (χ4n) is 1.94. The van der Waals surface area contributed by atoms with Crippen LogP contribution in [0.15, 0.2) is 24.3 Å². The summed E-state index contributed by atoms with van der Waals surface area (Å²) in [6, 6.07) is 6.49. The zero-order valence-electron chi connectivity index (χ0n) is 10.8. The maximum Gasteiger partial charge on any atom is 0.332 e. The monoisotopic (exact) mass is 247 g/mol. The molecule has 1 aliphatic rings. The van der Waals surface area contributed by atoms with Gasteiger partial charge in [-0.1, -0.05) is 6.07 Å². The standard InChI is InChI=1S/C13H17N3O2/c1-13(2,3)15-8-11(17)16(12(15)18)10-6-4-5-9(14)7-10/h4-7H,8,14H2,1-3H3. The first-order valence-corrected chi connectivity index (χ1v) is 5.81. The molecule has 1 fully saturated rings. The van der Waals surface area contributed by atoms with Crippen LogP contribution in [0.25, 0.3) is 0 Å². The second-order valence-corrected chi connectivity index (χ2v) is 5.36. The van der Waals surface area contributed by atoms with Crippen LogP contribution in [-0.2, 0) is 4.79 Å². The van der Waals surface area contributed by atoms with E-state index in [4.69, 9.17) is 5.73 Å². The molecule has 0 saturated carbocycles. The number of imide groups is 1. The number of carbonyl (C=O) groups excluding carboxylic acids is 2. The van der Waals surface area contributed by atoms with Crippen molar-refractivity contribution < 1.29 is 9.59 Å². The molecule has 1 aromatic rings. The molecule has 1 heterocycles. The van der Waals surface area contributed by atoms with Gasteiger partial charge in [0.1, 0.15) is 6.54 Å². The van der Waals surface area contributed by atoms with Gasteiger partial charge in [-0.3, -0.25) is 4.79 Å². The number of hydrogen-bond donors (Lipinski definition) is 1. The molecule has 0 spiro atoms. The SMILES string of the molecule is CC(C)(C)N1CC(=O)N(c2cccc(N)c2)C1=O. The number of rotatable bonds is 1. The highest BCUT2D eigenvalue weighted by Crippen LogP contribution is 2.27. The van der Waals surface area contributed by atoms with Gasteiger partial charge in [0.2, 0.25) is 0 Å². The Labute approximate surface area is 106 Å². The zero-order chi connectivity index (χ0) is 13.5. The molecule has 0 aromatic heterocycles. The van der Waals surface area contributed by atoms with Gasteiger partial charge in [-0.05, 0) is 39.0 Å². The zero-order valence-corrected chi connectivity index (χ0v) is 10.8. The van der Waals surface area contributed by atoms with Gasteiger partial charge in [0.25, 0.3) is 5.91 Å². The van der Waals surface area contributed by atoms with Crippen LogP contribution in [-0.4, -0.2) is 28.9 Å². The summed E-state index contributed by atoms with van der Waals surface area (Å²) in [4.78, 5) is 27.0. The van der Waals surface area contributed by atoms with Crippen molar-refractivity contribution in [3.05, 3.63) is 24.3 Å². The average molecular weight is 247 g/mol. The molecular weight excluding hydrogens is 230 g/mol. The summed E-state index contributed by atoms with van der Waals surface area (Å²) in [5, 5.41) is 0. The molecule has 0 unspecified atom stereocenters. The Kier molecular flexibility index (Phi) is 2.77. The number of carbonyl (C=O) groups is 2. The molecule has 1 aliphatic heterocycles. The Morgan fingerprint density at radius 1 is 1.22 bits per heavy atom. The fraction of sp³-hybridized carbons (Fsp3) is 0.385. The van der Waals surface area contributed by atoms with Crippen molar-refractivity contribution in [2.24, 2.45) is 0 Å². The van der Waals surface area contributed by atoms with Gasteiger partial charge >= 0.3 is 6.03 Å². The second kappa shape index (κ2) is 4.01. The van der Waals surface area contributed by atoms with Crippen molar-refractivity contribution in [3.8, 4) is 0 Å². The number of hydrogen-bond acceptors (Lipinski definition) is 3. The third-order valence-electron chi connectivity index (χ3n) is 2.90. The van der Waals surface area contributed by atoms with E-state index in [9.17, 15) is 9.59 Å². The number of nitrogens with zero attached hydrogens (tertiary/aromatic N) is 2. The van der Waals surface area contributed by atoms with E-state index in [2.05, 4.69) is 0 Å². The molecule has 5 nitrogen and oxygen atoms in total. The Morgan fingerprint density at radius 2 is 1.89 bits per heavy atom. The van der Waals surface area contributed by atoms with Gasteiger partial charge in [-0.25, -0.2) is 9.69 Å². The Balaban J connectivity index is 2.36. The summed E-state index contributed by atoms with van der Waals surface area (Å²) >= 11 is 0. The van der Waals surface area contributed by atoms with Crippen LogP contribution in [0, 0.1) is 0 Å². The normalized spacial score (nSPS) is 16.6. The summed E-state index contributed by atoms with van der Waals surface area (Å²) in [5.74, 6) is -0.222. The highest BCUT2D eigenvalue weighted by Gasteiger charge is 2.42. The average Bonchev–Trinajstić information content (AvgIpc) is 2.54. The predicted molar refractivity (Wildman–Crippen MR) is 70.2 cm³/mol. The number of urea groups is 1. The quantitative estimate of drug-likeness (QED) is 0.608. The first kappa shape index (κ1) is 12.4. The molecule has 0 atom stereocenters. The number of nitrogens with two attached hydrogens (primary N) is 1. The van der Waals surface area contributed by atoms with Crippen molar-refractivity contribution in [1.29, 1.82) is 0 Å². The van der Waals surface area contributed by atoms with Crippen LogP contribution in [0.5, 0.6) is 0 Å². The fourth-order valence-corrected chi connectivity index (χ4v) is 1.94. The largest absolute Gasteiger partial charge is 0.399 e. The van der Waals surface area contributed by atoms with Crippen molar-refractivity contribution in [3.63, 3.8) is 0 Å². The minimum Gasteiger partial charge on any atom is -0.399 e. The van der Waals surface area contributed by atoms with Crippen molar-refractivity contribution in [2.75, 3.05) is 17.2 Å². The number of nitrogen functional groups attached to an aromatic ring is 1. The van der Waals surface area contributed by atoms with Crippen LogP contribution >= 0.6 is 0 Å². The van der Waals surface area contributed by atoms with E-state index in [1.165, 1.54) is 4.90 Å². The summed E-state index contributed by atoms with van der Waals surface area (Å²) in [6.07, 6.45) is 0. The molecule has 1 saturated heterocycles. The Hall–Kier alpha value is -2.04. The van der Waals surface area contributed by atoms with Crippen LogP contribution < -0.4 is 10.6 Å². The lowest BCUT2D eigenvalue weighted by Crippen LogP contribution is -2.44. The summed E-state index contributed by atoms with van der Waals surface area (Å²) in [7, 11) is 0. The smallest absolute Gasteiger partial charge is 0.332 e. The molecule has 18 heavy (non-hydrogen) atoms. The highest BCUT2D eigenvalue weighted by atomic mass is 16.2. The predicted octanol–water partition coefficient (Wildman–Crippen LogP) is 1.84. The summed E-state index contributed by atoms with van der Waals surface area (Å²) in [6.45, 7) is 5.82. The minimum atomic E-state index is -0.373. The first-order valence-electron chi connectivity index (χ1n) is 5.81. The lowest BCUT2D eigenvalue weighted by Gasteiger charge is -2.30. The highest BCUT2D eigenvalue weighted by molar-refractivity contribution is 6.20. The number of benzene rings is 1. The van der Waals surface area contributed by atoms with Crippen LogP contribution in [0.3, 0.4) is 0 Å². The summed E-state index contributed by atoms with van der Waals surface area (Å²) in [5.41, 5.74) is 6.36. The van der Waals surface area contributed by atoms with E-state index in [1.807, 2.05) is 20.8 Å². The Bertz CT molecular complexity index is 505. The van der Waals surface area contributed by atoms with E-state index in [-0.39, 0.29) is 24.0 Å². The van der Waals surface area contributed by atoms with Crippen molar-refractivity contribution >= 4 is 23.3 Å². The third-order valence-corrected chi connectivity index (χ3v) is 2.90. The van der Waals surface area contributed by atoms with Crippen LogP contribution in [0.1, 0.15) is 20.8 Å². The molecule has 5 heteroatoms. The van der Waals surface area contributed by atoms with E-state index >= 15 is 0 Å². The minimum absolute atomic E-state index is 0.108. The van der Waals surface area contributed by atoms with Crippen molar-refractivity contribution in [1.82, 2.24) is 4.90 Å². The number of anilines is 2. The van der Waals surface area contributed by atoms with Gasteiger partial charge in [0.05, 0.1) is 5.69 Å². The number of amides is 3.